The van der Waals surface area contributed by atoms with Crippen molar-refractivity contribution in [1.82, 2.24) is 15.6 Å². The molecule has 3 amide bonds. The summed E-state index contributed by atoms with van der Waals surface area (Å²) >= 11 is 0. The van der Waals surface area contributed by atoms with Gasteiger partial charge in [-0.3, -0.25) is 9.59 Å². The number of hydrogen-bond donors (Lipinski definition) is 5. The highest BCUT2D eigenvalue weighted by Crippen LogP contribution is 2.19. The van der Waals surface area contributed by atoms with E-state index in [9.17, 15) is 19.5 Å². The number of rotatable bonds is 9. The molecule has 32 heavy (non-hydrogen) atoms. The first-order valence-electron chi connectivity index (χ1n) is 10.1. The molecule has 6 N–H and O–H groups in total. The van der Waals surface area contributed by atoms with E-state index < -0.39 is 36.1 Å². The lowest BCUT2D eigenvalue weighted by Gasteiger charge is -2.23. The minimum Gasteiger partial charge on any atom is -0.445 e. The van der Waals surface area contributed by atoms with Gasteiger partial charge in [0.2, 0.25) is 11.8 Å². The van der Waals surface area contributed by atoms with Crippen molar-refractivity contribution in [2.24, 2.45) is 5.73 Å². The summed E-state index contributed by atoms with van der Waals surface area (Å²) in [6.07, 6.45) is -0.211. The number of aliphatic hydroxyl groups is 1. The summed E-state index contributed by atoms with van der Waals surface area (Å²) in [7, 11) is 0. The van der Waals surface area contributed by atoms with E-state index in [-0.39, 0.29) is 13.0 Å². The maximum absolute atomic E-state index is 12.7. The molecule has 0 radical (unpaired) electrons. The minimum absolute atomic E-state index is 0.00525. The minimum atomic E-state index is -1.33. The van der Waals surface area contributed by atoms with Crippen molar-refractivity contribution in [3.05, 3.63) is 71.9 Å². The number of primary amides is 1. The van der Waals surface area contributed by atoms with Gasteiger partial charge in [0.1, 0.15) is 18.7 Å². The Bertz CT molecular complexity index is 1080. The Morgan fingerprint density at radius 1 is 1.06 bits per heavy atom. The number of carbonyl (C=O) groups is 3. The third-order valence-corrected chi connectivity index (χ3v) is 5.01. The van der Waals surface area contributed by atoms with Crippen molar-refractivity contribution < 1.29 is 24.2 Å². The smallest absolute Gasteiger partial charge is 0.408 e. The predicted molar refractivity (Wildman–Crippen MR) is 118 cm³/mol. The highest BCUT2D eigenvalue weighted by Gasteiger charge is 2.30. The van der Waals surface area contributed by atoms with E-state index in [0.717, 1.165) is 22.0 Å². The maximum atomic E-state index is 12.7. The number of nitrogens with one attached hydrogen (secondary N) is 3. The van der Waals surface area contributed by atoms with Crippen LogP contribution in [0.1, 0.15) is 18.1 Å². The van der Waals surface area contributed by atoms with Crippen LogP contribution in [0.15, 0.2) is 60.8 Å². The molecule has 1 heterocycles. The first kappa shape index (κ1) is 22.8. The van der Waals surface area contributed by atoms with Crippen molar-refractivity contribution in [3.63, 3.8) is 0 Å². The molecule has 9 nitrogen and oxygen atoms in total. The van der Waals surface area contributed by atoms with Crippen LogP contribution in [0.3, 0.4) is 0 Å². The first-order chi connectivity index (χ1) is 15.3. The molecule has 0 unspecified atom stereocenters. The number of benzene rings is 2. The summed E-state index contributed by atoms with van der Waals surface area (Å²) in [5.41, 5.74) is 7.96. The van der Waals surface area contributed by atoms with E-state index in [4.69, 9.17) is 10.5 Å². The molecule has 0 fully saturated rings. The molecule has 0 aliphatic heterocycles. The van der Waals surface area contributed by atoms with Gasteiger partial charge in [0.05, 0.1) is 6.10 Å². The molecule has 3 atom stereocenters. The summed E-state index contributed by atoms with van der Waals surface area (Å²) < 4.78 is 5.11. The predicted octanol–water partition coefficient (Wildman–Crippen LogP) is 1.36. The largest absolute Gasteiger partial charge is 0.445 e. The number of amides is 3. The summed E-state index contributed by atoms with van der Waals surface area (Å²) in [5.74, 6) is -1.49. The highest BCUT2D eigenvalue weighted by molar-refractivity contribution is 5.92. The van der Waals surface area contributed by atoms with Gasteiger partial charge in [-0.2, -0.15) is 0 Å². The summed E-state index contributed by atoms with van der Waals surface area (Å²) in [4.78, 5) is 40.0. The van der Waals surface area contributed by atoms with E-state index in [1.165, 1.54) is 6.92 Å². The number of para-hydroxylation sites is 1. The maximum Gasteiger partial charge on any atom is 0.408 e. The molecular weight excluding hydrogens is 412 g/mol. The molecule has 9 heteroatoms. The fourth-order valence-electron chi connectivity index (χ4n) is 3.30. The molecule has 3 aromatic rings. The standard InChI is InChI=1S/C23H26N4O5/c1-14(28)20(27-23(31)32-13-15-7-3-2-4-8-15)22(30)26-19(21(24)29)11-16-12-25-18-10-6-5-9-17(16)18/h2-10,12,14,19-20,25,28H,11,13H2,1H3,(H2,24,29)(H,26,30)(H,27,31)/t14-,19+,20+/m1/s1. The van der Waals surface area contributed by atoms with Crippen molar-refractivity contribution >= 4 is 28.8 Å². The number of alkyl carbamates (subject to hydrolysis) is 1. The number of H-pyrrole nitrogens is 1. The molecule has 0 saturated heterocycles. The van der Waals surface area contributed by atoms with Gasteiger partial charge in [-0.25, -0.2) is 4.79 Å². The molecule has 168 valence electrons. The Balaban J connectivity index is 1.63. The monoisotopic (exact) mass is 438 g/mol. The van der Waals surface area contributed by atoms with Crippen LogP contribution in [-0.4, -0.2) is 46.2 Å². The van der Waals surface area contributed by atoms with Gasteiger partial charge < -0.3 is 31.2 Å². The van der Waals surface area contributed by atoms with Crippen molar-refractivity contribution in [2.45, 2.75) is 38.1 Å². The van der Waals surface area contributed by atoms with E-state index in [2.05, 4.69) is 15.6 Å². The van der Waals surface area contributed by atoms with Gasteiger partial charge in [-0.15, -0.1) is 0 Å². The zero-order valence-electron chi connectivity index (χ0n) is 17.6. The normalized spacial score (nSPS) is 13.7. The number of carbonyl (C=O) groups excluding carboxylic acids is 3. The average molecular weight is 438 g/mol. The van der Waals surface area contributed by atoms with E-state index in [1.54, 1.807) is 30.5 Å². The summed E-state index contributed by atoms with van der Waals surface area (Å²) in [6, 6.07) is 14.2. The van der Waals surface area contributed by atoms with Crippen molar-refractivity contribution in [1.29, 1.82) is 0 Å². The third-order valence-electron chi connectivity index (χ3n) is 5.01. The molecule has 1 aromatic heterocycles. The Kier molecular flexibility index (Phi) is 7.45. The van der Waals surface area contributed by atoms with Crippen LogP contribution in [0.25, 0.3) is 10.9 Å². The summed E-state index contributed by atoms with van der Waals surface area (Å²) in [6.45, 7) is 1.35. The lowest BCUT2D eigenvalue weighted by molar-refractivity contribution is -0.130. The number of fused-ring (bicyclic) bond motifs is 1. The van der Waals surface area contributed by atoms with Crippen LogP contribution >= 0.6 is 0 Å². The van der Waals surface area contributed by atoms with Crippen LogP contribution in [0.2, 0.25) is 0 Å². The van der Waals surface area contributed by atoms with Crippen LogP contribution in [-0.2, 0) is 27.4 Å². The van der Waals surface area contributed by atoms with E-state index >= 15 is 0 Å². The van der Waals surface area contributed by atoms with Gasteiger partial charge in [0, 0.05) is 23.5 Å². The quantitative estimate of drug-likeness (QED) is 0.342. The van der Waals surface area contributed by atoms with Gasteiger partial charge >= 0.3 is 6.09 Å². The molecule has 3 rings (SSSR count). The zero-order chi connectivity index (χ0) is 23.1. The molecule has 0 spiro atoms. The number of aliphatic hydroxyl groups excluding tert-OH is 1. The second-order valence-corrected chi connectivity index (χ2v) is 7.45. The SMILES string of the molecule is C[C@@H](O)[C@H](NC(=O)OCc1ccccc1)C(=O)N[C@@H](Cc1c[nH]c2ccccc12)C(N)=O. The molecular formula is C23H26N4O5. The van der Waals surface area contributed by atoms with Gasteiger partial charge in [0.25, 0.3) is 0 Å². The van der Waals surface area contributed by atoms with E-state index in [0.29, 0.717) is 0 Å². The van der Waals surface area contributed by atoms with Crippen LogP contribution in [0.4, 0.5) is 4.79 Å². The lowest BCUT2D eigenvalue weighted by atomic mass is 10.0. The highest BCUT2D eigenvalue weighted by atomic mass is 16.5. The van der Waals surface area contributed by atoms with Gasteiger partial charge in [-0.1, -0.05) is 48.5 Å². The fraction of sp³-hybridized carbons (Fsp3) is 0.261. The van der Waals surface area contributed by atoms with Crippen molar-refractivity contribution in [2.75, 3.05) is 0 Å². The lowest BCUT2D eigenvalue weighted by Crippen LogP contribution is -2.57. The molecule has 0 bridgehead atoms. The zero-order valence-corrected chi connectivity index (χ0v) is 17.6. The molecule has 0 aliphatic rings. The Morgan fingerprint density at radius 3 is 2.44 bits per heavy atom. The Labute approximate surface area is 184 Å². The molecule has 0 saturated carbocycles. The van der Waals surface area contributed by atoms with Crippen LogP contribution in [0.5, 0.6) is 0 Å². The number of aromatic nitrogens is 1. The third kappa shape index (κ3) is 5.86. The fourth-order valence-corrected chi connectivity index (χ4v) is 3.30. The topological polar surface area (TPSA) is 147 Å². The number of hydrogen-bond acceptors (Lipinski definition) is 5. The summed E-state index contributed by atoms with van der Waals surface area (Å²) in [5, 5.41) is 15.8. The van der Waals surface area contributed by atoms with Gasteiger partial charge in [-0.05, 0) is 24.1 Å². The van der Waals surface area contributed by atoms with E-state index in [1.807, 2.05) is 30.3 Å². The first-order valence-corrected chi connectivity index (χ1v) is 10.1. The molecule has 0 aliphatic carbocycles. The average Bonchev–Trinajstić information content (AvgIpc) is 3.19. The number of aromatic amines is 1. The molecule has 2 aromatic carbocycles. The van der Waals surface area contributed by atoms with Gasteiger partial charge in [0.15, 0.2) is 0 Å². The number of nitrogens with two attached hydrogens (primary N) is 1. The van der Waals surface area contributed by atoms with Crippen molar-refractivity contribution in [3.8, 4) is 0 Å². The second kappa shape index (κ2) is 10.5. The number of ether oxygens (including phenoxy) is 1. The Morgan fingerprint density at radius 2 is 1.75 bits per heavy atom. The van der Waals surface area contributed by atoms with Crippen LogP contribution < -0.4 is 16.4 Å². The van der Waals surface area contributed by atoms with Crippen LogP contribution in [0, 0.1) is 0 Å². The Hall–Kier alpha value is -3.85. The second-order valence-electron chi connectivity index (χ2n) is 7.45.